The number of fused-ring (bicyclic) bond motifs is 1. The molecule has 6 aromatic rings. The minimum Gasteiger partial charge on any atom is -0.493 e. The van der Waals surface area contributed by atoms with Crippen LogP contribution < -0.4 is 33.3 Å². The second kappa shape index (κ2) is 23.9. The van der Waals surface area contributed by atoms with Gasteiger partial charge >= 0.3 is 12.1 Å². The molecule has 2 atom stereocenters. The average molecular weight is 957 g/mol. The van der Waals surface area contributed by atoms with Crippen molar-refractivity contribution in [2.75, 3.05) is 60.1 Å². The molecule has 370 valence electrons. The maximum Gasteiger partial charge on any atom is 0.410 e. The van der Waals surface area contributed by atoms with E-state index in [0.29, 0.717) is 54.9 Å². The Morgan fingerprint density at radius 2 is 1.41 bits per heavy atom. The Hall–Kier alpha value is -6.92. The van der Waals surface area contributed by atoms with E-state index in [1.807, 2.05) is 78.6 Å². The zero-order valence-corrected chi connectivity index (χ0v) is 40.7. The third-order valence-electron chi connectivity index (χ3n) is 10.9. The number of methoxy groups -OCH3 is 4. The van der Waals surface area contributed by atoms with Gasteiger partial charge in [-0.3, -0.25) is 0 Å². The number of hydrogen-bond acceptors (Lipinski definition) is 14. The molecule has 1 N–H and O–H groups in total. The topological polar surface area (TPSA) is 161 Å². The number of aromatic nitrogens is 4. The van der Waals surface area contributed by atoms with Gasteiger partial charge < -0.3 is 52.8 Å². The molecule has 0 aliphatic rings. The van der Waals surface area contributed by atoms with Crippen LogP contribution in [0.3, 0.4) is 0 Å². The molecule has 0 saturated heterocycles. The lowest BCUT2D eigenvalue weighted by Crippen LogP contribution is -2.36. The number of aliphatic hydroxyl groups is 1. The number of benzene rings is 4. The van der Waals surface area contributed by atoms with Gasteiger partial charge in [-0.05, 0) is 85.8 Å². The van der Waals surface area contributed by atoms with Crippen LogP contribution in [-0.2, 0) is 29.2 Å². The van der Waals surface area contributed by atoms with Crippen molar-refractivity contribution < 1.29 is 56.6 Å². The summed E-state index contributed by atoms with van der Waals surface area (Å²) >= 11 is 0. The lowest BCUT2D eigenvalue weighted by molar-refractivity contribution is 0.0276. The maximum absolute atomic E-state index is 15.7. The van der Waals surface area contributed by atoms with Crippen LogP contribution in [0.25, 0.3) is 5.65 Å². The van der Waals surface area contributed by atoms with E-state index in [0.717, 1.165) is 35.2 Å². The summed E-state index contributed by atoms with van der Waals surface area (Å²) in [6.45, 7) is 8.33. The fourth-order valence-electron chi connectivity index (χ4n) is 7.39. The Morgan fingerprint density at radius 3 is 1.97 bits per heavy atom. The Morgan fingerprint density at radius 1 is 0.797 bits per heavy atom. The predicted octanol–water partition coefficient (Wildman–Crippen LogP) is 9.13. The number of imidazole rings is 1. The van der Waals surface area contributed by atoms with Crippen LogP contribution in [0.5, 0.6) is 34.8 Å². The second-order valence-corrected chi connectivity index (χ2v) is 17.2. The normalized spacial score (nSPS) is 12.3. The van der Waals surface area contributed by atoms with E-state index in [1.54, 1.807) is 49.2 Å². The van der Waals surface area contributed by atoms with Gasteiger partial charge in [0.25, 0.3) is 0 Å². The van der Waals surface area contributed by atoms with Gasteiger partial charge in [0.15, 0.2) is 51.8 Å². The molecule has 1 unspecified atom stereocenters. The molecule has 69 heavy (non-hydrogen) atoms. The van der Waals surface area contributed by atoms with Crippen LogP contribution in [0.1, 0.15) is 81.0 Å². The lowest BCUT2D eigenvalue weighted by Gasteiger charge is -2.26. The minimum atomic E-state index is -1.64. The molecule has 16 nitrogen and oxygen atoms in total. The number of carbonyl (C=O) groups is 1. The number of amides is 1. The zero-order valence-electron chi connectivity index (χ0n) is 40.7. The first-order valence-electron chi connectivity index (χ1n) is 22.6. The molecule has 2 heterocycles. The SMILES string of the molecule is CCC[C@H](CCOCc1ccccc1)Oc1nc(N(Cc2ccc(OC)c(OC)c2)Cc2ccc(OC)c(OC)c2)c2ncc(C(O)c3cc(F)c(OCCN(C)C(=O)OC(C)(C)C)c(F)c3)n2n1. The Bertz CT molecular complexity index is 2550. The van der Waals surface area contributed by atoms with E-state index in [9.17, 15) is 9.90 Å². The van der Waals surface area contributed by atoms with E-state index < -0.39 is 35.2 Å². The number of anilines is 1. The largest absolute Gasteiger partial charge is 0.493 e. The average Bonchev–Trinajstić information content (AvgIpc) is 3.76. The molecule has 18 heteroatoms. The highest BCUT2D eigenvalue weighted by molar-refractivity contribution is 5.68. The molecule has 0 fully saturated rings. The second-order valence-electron chi connectivity index (χ2n) is 17.2. The van der Waals surface area contributed by atoms with Gasteiger partial charge in [0, 0.05) is 26.6 Å². The predicted molar refractivity (Wildman–Crippen MR) is 255 cm³/mol. The number of hydrogen-bond donors (Lipinski definition) is 1. The first-order chi connectivity index (χ1) is 33.1. The number of aliphatic hydroxyl groups excluding tert-OH is 1. The van der Waals surface area contributed by atoms with Gasteiger partial charge in [-0.15, -0.1) is 5.10 Å². The number of rotatable bonds is 24. The summed E-state index contributed by atoms with van der Waals surface area (Å²) < 4.78 is 78.6. The highest BCUT2D eigenvalue weighted by atomic mass is 19.1. The van der Waals surface area contributed by atoms with Crippen LogP contribution >= 0.6 is 0 Å². The fourth-order valence-corrected chi connectivity index (χ4v) is 7.39. The van der Waals surface area contributed by atoms with E-state index in [4.69, 9.17) is 53.0 Å². The monoisotopic (exact) mass is 956 g/mol. The van der Waals surface area contributed by atoms with Crippen LogP contribution in [0.15, 0.2) is 85.1 Å². The molecule has 6 rings (SSSR count). The molecule has 0 aliphatic heterocycles. The van der Waals surface area contributed by atoms with Crippen molar-refractivity contribution in [1.29, 1.82) is 0 Å². The maximum atomic E-state index is 15.7. The summed E-state index contributed by atoms with van der Waals surface area (Å²) in [5.41, 5.74) is 2.11. The van der Waals surface area contributed by atoms with Gasteiger partial charge in [-0.25, -0.2) is 23.1 Å². The first kappa shape index (κ1) is 51.5. The summed E-state index contributed by atoms with van der Waals surface area (Å²) in [6, 6.07) is 22.9. The van der Waals surface area contributed by atoms with Crippen molar-refractivity contribution in [2.24, 2.45) is 0 Å². The van der Waals surface area contributed by atoms with E-state index in [2.05, 4.69) is 0 Å². The van der Waals surface area contributed by atoms with Crippen molar-refractivity contribution in [3.8, 4) is 34.8 Å². The van der Waals surface area contributed by atoms with E-state index >= 15 is 8.78 Å². The molecule has 0 saturated carbocycles. The molecular weight excluding hydrogens is 895 g/mol. The Kier molecular flexibility index (Phi) is 17.8. The quantitative estimate of drug-likeness (QED) is 0.0572. The summed E-state index contributed by atoms with van der Waals surface area (Å²) in [6.07, 6.45) is 0.694. The smallest absolute Gasteiger partial charge is 0.410 e. The number of halogens is 2. The van der Waals surface area contributed by atoms with Crippen molar-refractivity contribution in [2.45, 2.75) is 84.5 Å². The van der Waals surface area contributed by atoms with Crippen molar-refractivity contribution in [1.82, 2.24) is 24.5 Å². The molecule has 1 amide bonds. The number of carbonyl (C=O) groups excluding carboxylic acids is 1. The van der Waals surface area contributed by atoms with E-state index in [1.165, 1.54) is 22.7 Å². The molecule has 0 bridgehead atoms. The van der Waals surface area contributed by atoms with E-state index in [-0.39, 0.29) is 55.3 Å². The highest BCUT2D eigenvalue weighted by Gasteiger charge is 2.27. The highest BCUT2D eigenvalue weighted by Crippen LogP contribution is 2.35. The summed E-state index contributed by atoms with van der Waals surface area (Å²) in [5, 5.41) is 16.7. The summed E-state index contributed by atoms with van der Waals surface area (Å²) in [7, 11) is 7.73. The van der Waals surface area contributed by atoms with Crippen LogP contribution in [0, 0.1) is 11.6 Å². The fraction of sp³-hybridized carbons (Fsp3) is 0.412. The zero-order chi connectivity index (χ0) is 49.7. The molecule has 0 spiro atoms. The van der Waals surface area contributed by atoms with Gasteiger partial charge in [0.2, 0.25) is 0 Å². The molecule has 2 aromatic heterocycles. The number of likely N-dealkylation sites (N-methyl/N-ethyl adjacent to an activating group) is 1. The minimum absolute atomic E-state index is 0.0126. The van der Waals surface area contributed by atoms with Gasteiger partial charge in [0.05, 0.1) is 60.1 Å². The van der Waals surface area contributed by atoms with Crippen molar-refractivity contribution in [3.05, 3.63) is 125 Å². The molecule has 0 radical (unpaired) electrons. The van der Waals surface area contributed by atoms with Crippen LogP contribution in [0.2, 0.25) is 0 Å². The third-order valence-corrected chi connectivity index (χ3v) is 10.9. The summed E-state index contributed by atoms with van der Waals surface area (Å²) in [5.74, 6) is -0.348. The van der Waals surface area contributed by atoms with Gasteiger partial charge in [-0.1, -0.05) is 55.8 Å². The number of ether oxygens (including phenoxy) is 8. The Balaban J connectivity index is 1.39. The Labute approximate surface area is 401 Å². The molecule has 0 aliphatic carbocycles. The summed E-state index contributed by atoms with van der Waals surface area (Å²) in [4.78, 5) is 25.3. The van der Waals surface area contributed by atoms with Gasteiger partial charge in [0.1, 0.15) is 24.4 Å². The van der Waals surface area contributed by atoms with Crippen LogP contribution in [0.4, 0.5) is 19.4 Å². The van der Waals surface area contributed by atoms with Crippen molar-refractivity contribution in [3.63, 3.8) is 0 Å². The molecule has 4 aromatic carbocycles. The first-order valence-corrected chi connectivity index (χ1v) is 22.6. The van der Waals surface area contributed by atoms with Crippen molar-refractivity contribution >= 4 is 17.6 Å². The van der Waals surface area contributed by atoms with Gasteiger partial charge in [-0.2, -0.15) is 4.98 Å². The molecular formula is C51H62F2N6O10. The standard InChI is InChI=1S/C51H62F2N6O10/c1-10-14-37(21-23-66-32-33-15-12-11-13-16-33)68-49-55-48(58(30-34-17-19-41(62-6)43(25-34)64-8)31-35-18-20-42(63-7)44(26-35)65-9)47-54-29-40(59(47)56-49)45(60)36-27-38(52)46(39(53)28-36)67-24-22-57(5)50(61)69-51(2,3)4/h11-13,15-20,25-29,37,45,60H,10,14,21-24,30-32H2,1-9H3/t37-,45?/m1/s1. The number of nitrogens with zero attached hydrogens (tertiary/aromatic N) is 6. The third kappa shape index (κ3) is 13.6. The van der Waals surface area contributed by atoms with Crippen LogP contribution in [-0.4, -0.2) is 103 Å². The lowest BCUT2D eigenvalue weighted by atomic mass is 10.1.